The maximum atomic E-state index is 11.0. The number of nitrogens with zero attached hydrogens (tertiary/aromatic N) is 1. The highest BCUT2D eigenvalue weighted by atomic mass is 32.2. The van der Waals surface area contributed by atoms with E-state index in [9.17, 15) is 9.59 Å². The summed E-state index contributed by atoms with van der Waals surface area (Å²) in [5.41, 5.74) is 1.44. The van der Waals surface area contributed by atoms with Gasteiger partial charge in [-0.3, -0.25) is 9.79 Å². The largest absolute Gasteiger partial charge is 0.462 e. The third kappa shape index (κ3) is 5.19. The van der Waals surface area contributed by atoms with Crippen LogP contribution in [0.15, 0.2) is 16.8 Å². The molecule has 0 atom stereocenters. The fourth-order valence-electron chi connectivity index (χ4n) is 0.517. The molecule has 0 unspecified atom stereocenters. The van der Waals surface area contributed by atoms with Crippen molar-refractivity contribution in [3.05, 3.63) is 11.8 Å². The van der Waals surface area contributed by atoms with Crippen LogP contribution < -0.4 is 0 Å². The Morgan fingerprint density at radius 3 is 2.77 bits per heavy atom. The lowest BCUT2D eigenvalue weighted by molar-refractivity contribution is -0.139. The van der Waals surface area contributed by atoms with E-state index < -0.39 is 5.97 Å². The summed E-state index contributed by atoms with van der Waals surface area (Å²) in [6, 6.07) is 0. The molecule has 0 aromatic rings. The highest BCUT2D eigenvalue weighted by Gasteiger charge is 2.07. The molecule has 0 rings (SSSR count). The Morgan fingerprint density at radius 1 is 1.62 bits per heavy atom. The zero-order valence-corrected chi connectivity index (χ0v) is 8.34. The second kappa shape index (κ2) is 7.54. The SMILES string of the molecule is CCOC(=O)C(C=O)=CN=CSC. The van der Waals surface area contributed by atoms with Gasteiger partial charge in [-0.1, -0.05) is 0 Å². The number of hydrogen-bond donors (Lipinski definition) is 0. The van der Waals surface area contributed by atoms with Crippen LogP contribution in [0, 0.1) is 0 Å². The molecule has 0 fully saturated rings. The third-order valence-corrected chi connectivity index (χ3v) is 1.35. The van der Waals surface area contributed by atoms with Crippen LogP contribution in [0.5, 0.6) is 0 Å². The molecule has 0 aromatic carbocycles. The molecule has 0 spiro atoms. The number of carbonyl (C=O) groups excluding carboxylic acids is 2. The van der Waals surface area contributed by atoms with Crippen LogP contribution in [0.2, 0.25) is 0 Å². The minimum atomic E-state index is -0.643. The van der Waals surface area contributed by atoms with Crippen molar-refractivity contribution < 1.29 is 14.3 Å². The molecule has 0 saturated carbocycles. The Hall–Kier alpha value is -1.10. The van der Waals surface area contributed by atoms with E-state index in [1.165, 1.54) is 23.5 Å². The zero-order valence-electron chi connectivity index (χ0n) is 7.52. The van der Waals surface area contributed by atoms with Crippen LogP contribution in [-0.4, -0.2) is 30.7 Å². The van der Waals surface area contributed by atoms with Gasteiger partial charge in [0.1, 0.15) is 5.57 Å². The third-order valence-electron chi connectivity index (χ3n) is 1.02. The average Bonchev–Trinajstić information content (AvgIpc) is 2.13. The normalized spacial score (nSPS) is 11.7. The lowest BCUT2D eigenvalue weighted by Crippen LogP contribution is -2.08. The van der Waals surface area contributed by atoms with Crippen LogP contribution in [0.25, 0.3) is 0 Å². The Balaban J connectivity index is 4.31. The molecule has 5 heteroatoms. The van der Waals surface area contributed by atoms with Crippen molar-refractivity contribution in [3.63, 3.8) is 0 Å². The number of carbonyl (C=O) groups is 2. The molecule has 13 heavy (non-hydrogen) atoms. The molecule has 72 valence electrons. The van der Waals surface area contributed by atoms with Gasteiger partial charge in [0.05, 0.1) is 12.2 Å². The van der Waals surface area contributed by atoms with Crippen molar-refractivity contribution in [3.8, 4) is 0 Å². The molecule has 0 N–H and O–H groups in total. The van der Waals surface area contributed by atoms with Crippen molar-refractivity contribution in [1.82, 2.24) is 0 Å². The molecule has 0 aliphatic rings. The summed E-state index contributed by atoms with van der Waals surface area (Å²) in [6.07, 6.45) is 3.43. The first-order chi connectivity index (χ1) is 6.26. The van der Waals surface area contributed by atoms with Gasteiger partial charge in [0, 0.05) is 6.20 Å². The molecule has 0 heterocycles. The van der Waals surface area contributed by atoms with Gasteiger partial charge in [-0.25, -0.2) is 4.79 Å². The summed E-state index contributed by atoms with van der Waals surface area (Å²) in [5, 5.41) is 0. The van der Waals surface area contributed by atoms with Gasteiger partial charge in [0.2, 0.25) is 0 Å². The summed E-state index contributed by atoms with van der Waals surface area (Å²) < 4.78 is 4.61. The van der Waals surface area contributed by atoms with Gasteiger partial charge in [0.25, 0.3) is 0 Å². The highest BCUT2D eigenvalue weighted by Crippen LogP contribution is 1.95. The topological polar surface area (TPSA) is 55.7 Å². The van der Waals surface area contributed by atoms with E-state index in [0.29, 0.717) is 6.29 Å². The monoisotopic (exact) mass is 201 g/mol. The number of aldehydes is 1. The summed E-state index contributed by atoms with van der Waals surface area (Å²) in [7, 11) is 0. The van der Waals surface area contributed by atoms with Gasteiger partial charge in [-0.05, 0) is 13.2 Å². The molecule has 0 aliphatic carbocycles. The Kier molecular flexibility index (Phi) is 6.91. The molecule has 0 amide bonds. The first kappa shape index (κ1) is 11.9. The van der Waals surface area contributed by atoms with Crippen LogP contribution >= 0.6 is 11.8 Å². The predicted molar refractivity (Wildman–Crippen MR) is 52.8 cm³/mol. The fourth-order valence-corrected chi connectivity index (χ4v) is 0.700. The Bertz CT molecular complexity index is 236. The summed E-state index contributed by atoms with van der Waals surface area (Å²) in [4.78, 5) is 25.0. The van der Waals surface area contributed by atoms with Crippen molar-refractivity contribution in [1.29, 1.82) is 0 Å². The first-order valence-corrected chi connectivity index (χ1v) is 4.92. The Morgan fingerprint density at radius 2 is 2.31 bits per heavy atom. The maximum absolute atomic E-state index is 11.0. The van der Waals surface area contributed by atoms with E-state index in [0.717, 1.165) is 0 Å². The standard InChI is InChI=1S/C8H11NO3S/c1-3-12-8(11)7(5-10)4-9-6-13-2/h4-6H,3H2,1-2H3. The molecule has 4 nitrogen and oxygen atoms in total. The van der Waals surface area contributed by atoms with E-state index in [-0.39, 0.29) is 12.2 Å². The maximum Gasteiger partial charge on any atom is 0.343 e. The lowest BCUT2D eigenvalue weighted by atomic mass is 10.3. The minimum Gasteiger partial charge on any atom is -0.462 e. The van der Waals surface area contributed by atoms with Gasteiger partial charge in [0.15, 0.2) is 6.29 Å². The quantitative estimate of drug-likeness (QED) is 0.127. The predicted octanol–water partition coefficient (Wildman–Crippen LogP) is 1.02. The zero-order chi connectivity index (χ0) is 10.1. The van der Waals surface area contributed by atoms with E-state index in [1.54, 1.807) is 6.92 Å². The number of ether oxygens (including phenoxy) is 1. The van der Waals surface area contributed by atoms with Crippen molar-refractivity contribution >= 4 is 29.6 Å². The van der Waals surface area contributed by atoms with E-state index >= 15 is 0 Å². The van der Waals surface area contributed by atoms with Crippen molar-refractivity contribution in [2.75, 3.05) is 12.9 Å². The van der Waals surface area contributed by atoms with Crippen molar-refractivity contribution in [2.24, 2.45) is 4.99 Å². The summed E-state index contributed by atoms with van der Waals surface area (Å²) >= 11 is 1.37. The molecule has 0 radical (unpaired) electrons. The number of aliphatic imine (C=N–C) groups is 1. The molecule has 0 aromatic heterocycles. The van der Waals surface area contributed by atoms with Gasteiger partial charge in [-0.15, -0.1) is 11.8 Å². The second-order valence-electron chi connectivity index (χ2n) is 1.91. The minimum absolute atomic E-state index is 0.0767. The number of rotatable bonds is 5. The van der Waals surface area contributed by atoms with Gasteiger partial charge in [-0.2, -0.15) is 0 Å². The smallest absolute Gasteiger partial charge is 0.343 e. The molecular formula is C8H11NO3S. The van der Waals surface area contributed by atoms with Crippen LogP contribution in [-0.2, 0) is 14.3 Å². The fraction of sp³-hybridized carbons (Fsp3) is 0.375. The molecule has 0 aliphatic heterocycles. The Labute approximate surface area is 81.1 Å². The lowest BCUT2D eigenvalue weighted by Gasteiger charge is -1.97. The number of esters is 1. The van der Waals surface area contributed by atoms with Crippen molar-refractivity contribution in [2.45, 2.75) is 6.92 Å². The number of thioether (sulfide) groups is 1. The van der Waals surface area contributed by atoms with E-state index in [1.807, 2.05) is 6.26 Å². The van der Waals surface area contributed by atoms with Crippen LogP contribution in [0.4, 0.5) is 0 Å². The van der Waals surface area contributed by atoms with Crippen LogP contribution in [0.3, 0.4) is 0 Å². The van der Waals surface area contributed by atoms with E-state index in [2.05, 4.69) is 9.73 Å². The average molecular weight is 201 g/mol. The molecular weight excluding hydrogens is 190 g/mol. The van der Waals surface area contributed by atoms with Crippen LogP contribution in [0.1, 0.15) is 6.92 Å². The van der Waals surface area contributed by atoms with E-state index in [4.69, 9.17) is 0 Å². The van der Waals surface area contributed by atoms with Gasteiger partial charge >= 0.3 is 5.97 Å². The second-order valence-corrected chi connectivity index (χ2v) is 2.60. The number of hydrogen-bond acceptors (Lipinski definition) is 5. The van der Waals surface area contributed by atoms with Gasteiger partial charge < -0.3 is 4.74 Å². The summed E-state index contributed by atoms with van der Waals surface area (Å²) in [6.45, 7) is 1.92. The molecule has 0 saturated heterocycles. The summed E-state index contributed by atoms with van der Waals surface area (Å²) in [5.74, 6) is -0.643. The highest BCUT2D eigenvalue weighted by molar-refractivity contribution is 8.11. The molecule has 0 bridgehead atoms. The first-order valence-electron chi connectivity index (χ1n) is 3.63.